The van der Waals surface area contributed by atoms with Crippen molar-refractivity contribution in [3.8, 4) is 16.8 Å². The zero-order chi connectivity index (χ0) is 66.9. The number of para-hydroxylation sites is 5. The van der Waals surface area contributed by atoms with Crippen molar-refractivity contribution in [3.05, 3.63) is 293 Å². The van der Waals surface area contributed by atoms with Crippen LogP contribution in [-0.4, -0.2) is 4.57 Å². The molecule has 0 atom stereocenters. The van der Waals surface area contributed by atoms with Crippen LogP contribution in [0.2, 0.25) is 0 Å². The van der Waals surface area contributed by atoms with E-state index in [-0.39, 0.29) is 10.8 Å². The largest absolute Gasteiger partial charge is 0.454 e. The van der Waals surface area contributed by atoms with E-state index in [4.69, 9.17) is 8.83 Å². The Bertz CT molecular complexity index is 5940. The van der Waals surface area contributed by atoms with Crippen LogP contribution in [0.5, 0.6) is 0 Å². The zero-order valence-corrected chi connectivity index (χ0v) is 58.1. The van der Waals surface area contributed by atoms with Crippen molar-refractivity contribution in [3.63, 3.8) is 0 Å². The van der Waals surface area contributed by atoms with Gasteiger partial charge in [0, 0.05) is 55.1 Å². The normalized spacial score (nSPS) is 15.5. The van der Waals surface area contributed by atoms with Crippen molar-refractivity contribution in [2.75, 3.05) is 9.80 Å². The third kappa shape index (κ3) is 8.72. The molecule has 0 unspecified atom stereocenters. The van der Waals surface area contributed by atoms with Crippen molar-refractivity contribution in [1.29, 1.82) is 0 Å². The van der Waals surface area contributed by atoms with Crippen LogP contribution < -0.4 is 9.80 Å². The lowest BCUT2D eigenvalue weighted by Crippen LogP contribution is -2.33. The summed E-state index contributed by atoms with van der Waals surface area (Å²) in [4.78, 5) is 5.02. The molecule has 488 valence electrons. The molecule has 16 aromatic rings. The van der Waals surface area contributed by atoms with E-state index in [9.17, 15) is 0 Å². The molecule has 5 heteroatoms. The maximum absolute atomic E-state index is 7.59. The summed E-state index contributed by atoms with van der Waals surface area (Å²) in [6.07, 6.45) is 12.4. The SMILES string of the molecule is CC(C)(C)c1ccc(N(c2ccc3c(c2)c2cc(N(c4ccc(C(C)(C)C)cc4)c4cccc5c4oc4c(C6CCCCC6)cccc45)cc4c2n3-c2ccccc2C42c3ccc4ccccc4c3-c3c2ccc2ccccc32)c2cccc3c2oc2c(C4CCCCC4)cccc23)cc1. The van der Waals surface area contributed by atoms with Gasteiger partial charge in [0.05, 0.1) is 33.5 Å². The molecule has 100 heavy (non-hydrogen) atoms. The van der Waals surface area contributed by atoms with Crippen molar-refractivity contribution in [2.45, 2.75) is 134 Å². The highest BCUT2D eigenvalue weighted by Gasteiger charge is 2.52. The van der Waals surface area contributed by atoms with Gasteiger partial charge >= 0.3 is 0 Å². The number of furan rings is 2. The zero-order valence-electron chi connectivity index (χ0n) is 58.1. The molecule has 2 fully saturated rings. The number of hydrogen-bond donors (Lipinski definition) is 0. The average Bonchev–Trinajstić information content (AvgIpc) is 1.47. The van der Waals surface area contributed by atoms with Gasteiger partial charge in [-0.25, -0.2) is 0 Å². The first-order valence-electron chi connectivity index (χ1n) is 36.9. The second kappa shape index (κ2) is 22.2. The molecule has 0 saturated heterocycles. The first-order chi connectivity index (χ1) is 48.9. The molecule has 0 bridgehead atoms. The van der Waals surface area contributed by atoms with Crippen LogP contribution in [0.15, 0.2) is 258 Å². The maximum Gasteiger partial charge on any atom is 0.159 e. The second-order valence-corrected chi connectivity index (χ2v) is 31.5. The third-order valence-corrected chi connectivity index (χ3v) is 23.8. The summed E-state index contributed by atoms with van der Waals surface area (Å²) in [5.41, 5.74) is 25.7. The highest BCUT2D eigenvalue weighted by atomic mass is 16.3. The number of nitrogens with zero attached hydrogens (tertiary/aromatic N) is 3. The van der Waals surface area contributed by atoms with E-state index in [1.54, 1.807) is 0 Å². The van der Waals surface area contributed by atoms with Crippen LogP contribution in [-0.2, 0) is 16.2 Å². The van der Waals surface area contributed by atoms with Crippen LogP contribution >= 0.6 is 0 Å². The highest BCUT2D eigenvalue weighted by Crippen LogP contribution is 2.65. The first kappa shape index (κ1) is 59.4. The lowest BCUT2D eigenvalue weighted by atomic mass is 9.65. The number of anilines is 6. The number of aromatic nitrogens is 1. The van der Waals surface area contributed by atoms with Crippen LogP contribution in [0.25, 0.3) is 104 Å². The molecule has 13 aromatic carbocycles. The second-order valence-electron chi connectivity index (χ2n) is 31.5. The summed E-state index contributed by atoms with van der Waals surface area (Å²) < 4.78 is 17.7. The summed E-state index contributed by atoms with van der Waals surface area (Å²) in [6, 6.07) is 95.8. The lowest BCUT2D eigenvalue weighted by Gasteiger charge is -2.40. The molecule has 0 N–H and O–H groups in total. The van der Waals surface area contributed by atoms with E-state index in [2.05, 4.69) is 305 Å². The predicted molar refractivity (Wildman–Crippen MR) is 420 cm³/mol. The molecule has 5 nitrogen and oxygen atoms in total. The molecular weight excluding hydrogens is 1220 g/mol. The van der Waals surface area contributed by atoms with E-state index in [1.807, 2.05) is 0 Å². The summed E-state index contributed by atoms with van der Waals surface area (Å²) in [5, 5.41) is 12.0. The predicted octanol–water partition coefficient (Wildman–Crippen LogP) is 27.2. The summed E-state index contributed by atoms with van der Waals surface area (Å²) in [6.45, 7) is 13.9. The average molecular weight is 1300 g/mol. The van der Waals surface area contributed by atoms with Gasteiger partial charge in [-0.05, 0) is 198 Å². The van der Waals surface area contributed by atoms with E-state index in [0.717, 1.165) is 78.1 Å². The standard InChI is InChI=1S/C95H81N3O2/c1-93(2,3)62-43-47-64(48-44-62)96(84-39-21-35-74-72-33-19-31-70(89(72)99-91(74)84)58-23-9-7-10-24-58)66-51-54-82-76(55-66)77-56-67(97(65-49-45-63(46-50-65)94(4,5)6)85-40-22-36-75-73-34-20-32-71(90(73)100-92(75)85)59-25-11-8-12-26-59)57-81-88(77)98(82)83-38-18-17-37-78(83)95(81)79-52-41-60-27-13-15-29-68(60)86(79)87-69-30-16-14-28-61(69)42-53-80(87)95/h13-22,27-59H,7-12,23-26H2,1-6H3. The van der Waals surface area contributed by atoms with Gasteiger partial charge in [0.2, 0.25) is 0 Å². The Morgan fingerprint density at radius 2 is 0.780 bits per heavy atom. The number of hydrogen-bond acceptors (Lipinski definition) is 4. The minimum absolute atomic E-state index is 0.0371. The summed E-state index contributed by atoms with van der Waals surface area (Å²) in [5.74, 6) is 0.952. The Kier molecular flexibility index (Phi) is 13.2. The Hall–Kier alpha value is -10.6. The van der Waals surface area contributed by atoms with Gasteiger partial charge in [0.25, 0.3) is 0 Å². The topological polar surface area (TPSA) is 37.7 Å². The minimum atomic E-state index is -0.785. The van der Waals surface area contributed by atoms with Gasteiger partial charge < -0.3 is 23.2 Å². The Balaban J connectivity index is 0.915. The van der Waals surface area contributed by atoms with E-state index in [0.29, 0.717) is 11.8 Å². The molecule has 1 aliphatic heterocycles. The van der Waals surface area contributed by atoms with Crippen molar-refractivity contribution >= 4 is 121 Å². The van der Waals surface area contributed by atoms with Crippen molar-refractivity contribution < 1.29 is 8.83 Å². The molecule has 4 heterocycles. The Morgan fingerprint density at radius 1 is 0.340 bits per heavy atom. The molecule has 0 radical (unpaired) electrons. The van der Waals surface area contributed by atoms with E-state index in [1.165, 1.54) is 169 Å². The fourth-order valence-corrected chi connectivity index (χ4v) is 19.0. The monoisotopic (exact) mass is 1300 g/mol. The molecule has 3 aromatic heterocycles. The molecule has 2 saturated carbocycles. The van der Waals surface area contributed by atoms with Crippen molar-refractivity contribution in [2.24, 2.45) is 0 Å². The quantitative estimate of drug-likeness (QED) is 0.152. The van der Waals surface area contributed by atoms with E-state index < -0.39 is 5.41 Å². The van der Waals surface area contributed by atoms with Gasteiger partial charge in [-0.2, -0.15) is 0 Å². The minimum Gasteiger partial charge on any atom is -0.454 e. The third-order valence-electron chi connectivity index (χ3n) is 23.8. The molecule has 4 aliphatic rings. The number of rotatable bonds is 8. The summed E-state index contributed by atoms with van der Waals surface area (Å²) >= 11 is 0. The fourth-order valence-electron chi connectivity index (χ4n) is 19.0. The number of fused-ring (bicyclic) bond motifs is 22. The molecule has 1 spiro atoms. The van der Waals surface area contributed by atoms with Crippen molar-refractivity contribution in [1.82, 2.24) is 4.57 Å². The molecule has 3 aliphatic carbocycles. The van der Waals surface area contributed by atoms with Crippen LogP contribution in [0.4, 0.5) is 34.1 Å². The summed E-state index contributed by atoms with van der Waals surface area (Å²) in [7, 11) is 0. The first-order valence-corrected chi connectivity index (χ1v) is 36.9. The van der Waals surface area contributed by atoms with Gasteiger partial charge in [-0.3, -0.25) is 0 Å². The van der Waals surface area contributed by atoms with Gasteiger partial charge in [-0.1, -0.05) is 256 Å². The van der Waals surface area contributed by atoms with Crippen LogP contribution in [0, 0.1) is 0 Å². The fraction of sp³-hybridized carbons (Fsp3) is 0.221. The van der Waals surface area contributed by atoms with Crippen LogP contribution in [0.3, 0.4) is 0 Å². The van der Waals surface area contributed by atoms with Crippen LogP contribution in [0.1, 0.15) is 162 Å². The molecule has 0 amide bonds. The molecule has 20 rings (SSSR count). The highest BCUT2D eigenvalue weighted by molar-refractivity contribution is 6.20. The lowest BCUT2D eigenvalue weighted by molar-refractivity contribution is 0.442. The van der Waals surface area contributed by atoms with E-state index >= 15 is 0 Å². The Morgan fingerprint density at radius 3 is 1.30 bits per heavy atom. The smallest absolute Gasteiger partial charge is 0.159 e. The number of benzene rings is 13. The Labute approximate surface area is 584 Å². The van der Waals surface area contributed by atoms with Gasteiger partial charge in [0.1, 0.15) is 11.2 Å². The van der Waals surface area contributed by atoms with Gasteiger partial charge in [-0.15, -0.1) is 0 Å². The van der Waals surface area contributed by atoms with Gasteiger partial charge in [0.15, 0.2) is 11.2 Å². The maximum atomic E-state index is 7.59. The molecular formula is C95H81N3O2.